The van der Waals surface area contributed by atoms with E-state index in [4.69, 9.17) is 5.73 Å². The molecule has 0 aromatic carbocycles. The van der Waals surface area contributed by atoms with Gasteiger partial charge in [0.15, 0.2) is 0 Å². The number of hydrogen-bond donors (Lipinski definition) is 2. The summed E-state index contributed by atoms with van der Waals surface area (Å²) >= 11 is 0. The summed E-state index contributed by atoms with van der Waals surface area (Å²) in [4.78, 5) is 0. The lowest BCUT2D eigenvalue weighted by Crippen LogP contribution is -2.38. The van der Waals surface area contributed by atoms with E-state index in [2.05, 4.69) is 5.32 Å². The highest BCUT2D eigenvalue weighted by Gasteiger charge is 2.44. The number of rotatable bonds is 1. The third-order valence-corrected chi connectivity index (χ3v) is 3.19. The number of nitrogens with one attached hydrogen (secondary N) is 1. The lowest BCUT2D eigenvalue weighted by molar-refractivity contribution is 0.375. The standard InChI is InChI=1S/C9H18N2/c10-9(4-5-9)8-3-1-2-6-11-7-8/h8,11H,1-7,10H2. The van der Waals surface area contributed by atoms with Crippen LogP contribution < -0.4 is 11.1 Å². The Balaban J connectivity index is 1.90. The van der Waals surface area contributed by atoms with Crippen LogP contribution >= 0.6 is 0 Å². The SMILES string of the molecule is NC1(C2CCCCNC2)CC1. The van der Waals surface area contributed by atoms with Gasteiger partial charge in [-0.25, -0.2) is 0 Å². The molecule has 11 heavy (non-hydrogen) atoms. The molecule has 0 radical (unpaired) electrons. The number of hydrogen-bond acceptors (Lipinski definition) is 2. The van der Waals surface area contributed by atoms with E-state index in [0.29, 0.717) is 0 Å². The van der Waals surface area contributed by atoms with Crippen molar-refractivity contribution in [1.82, 2.24) is 5.32 Å². The van der Waals surface area contributed by atoms with Crippen molar-refractivity contribution in [2.75, 3.05) is 13.1 Å². The maximum Gasteiger partial charge on any atom is 0.0196 e. The van der Waals surface area contributed by atoms with Crippen molar-refractivity contribution in [3.63, 3.8) is 0 Å². The lowest BCUT2D eigenvalue weighted by atomic mass is 9.93. The molecule has 3 N–H and O–H groups in total. The quantitative estimate of drug-likeness (QED) is 0.588. The first-order valence-corrected chi connectivity index (χ1v) is 4.81. The molecular weight excluding hydrogens is 136 g/mol. The third-order valence-electron chi connectivity index (χ3n) is 3.19. The van der Waals surface area contributed by atoms with Crippen LogP contribution in [0, 0.1) is 5.92 Å². The van der Waals surface area contributed by atoms with Gasteiger partial charge < -0.3 is 11.1 Å². The molecule has 1 aliphatic carbocycles. The second-order valence-corrected chi connectivity index (χ2v) is 4.13. The Morgan fingerprint density at radius 1 is 1.27 bits per heavy atom. The first-order chi connectivity index (χ1) is 5.31. The van der Waals surface area contributed by atoms with Crippen LogP contribution in [0.15, 0.2) is 0 Å². The Morgan fingerprint density at radius 2 is 2.09 bits per heavy atom. The fourth-order valence-corrected chi connectivity index (χ4v) is 2.06. The van der Waals surface area contributed by atoms with Crippen molar-refractivity contribution in [1.29, 1.82) is 0 Å². The molecule has 2 aliphatic rings. The van der Waals surface area contributed by atoms with Gasteiger partial charge >= 0.3 is 0 Å². The summed E-state index contributed by atoms with van der Waals surface area (Å²) in [5, 5.41) is 3.46. The van der Waals surface area contributed by atoms with E-state index < -0.39 is 0 Å². The van der Waals surface area contributed by atoms with Crippen molar-refractivity contribution >= 4 is 0 Å². The highest BCUT2D eigenvalue weighted by molar-refractivity contribution is 5.04. The molecule has 0 bridgehead atoms. The van der Waals surface area contributed by atoms with Crippen LogP contribution in [0.3, 0.4) is 0 Å². The molecule has 1 saturated carbocycles. The molecule has 2 nitrogen and oxygen atoms in total. The van der Waals surface area contributed by atoms with Crippen LogP contribution in [0.2, 0.25) is 0 Å². The van der Waals surface area contributed by atoms with E-state index >= 15 is 0 Å². The zero-order chi connectivity index (χ0) is 7.73. The van der Waals surface area contributed by atoms with Crippen LogP contribution in [-0.2, 0) is 0 Å². The van der Waals surface area contributed by atoms with Gasteiger partial charge in [0.05, 0.1) is 0 Å². The molecule has 2 heteroatoms. The first kappa shape index (κ1) is 7.56. The molecule has 1 aliphatic heterocycles. The second kappa shape index (κ2) is 2.76. The highest BCUT2D eigenvalue weighted by Crippen LogP contribution is 2.41. The van der Waals surface area contributed by atoms with Crippen LogP contribution in [0.5, 0.6) is 0 Å². The van der Waals surface area contributed by atoms with Gasteiger partial charge in [0.1, 0.15) is 0 Å². The van der Waals surface area contributed by atoms with E-state index in [1.165, 1.54) is 38.6 Å². The molecule has 1 heterocycles. The summed E-state index contributed by atoms with van der Waals surface area (Å²) in [5.74, 6) is 0.769. The summed E-state index contributed by atoms with van der Waals surface area (Å²) in [6.07, 6.45) is 6.59. The maximum absolute atomic E-state index is 6.15. The fraction of sp³-hybridized carbons (Fsp3) is 1.00. The van der Waals surface area contributed by atoms with Gasteiger partial charge in [-0.15, -0.1) is 0 Å². The topological polar surface area (TPSA) is 38.0 Å². The van der Waals surface area contributed by atoms with E-state index in [9.17, 15) is 0 Å². The molecule has 64 valence electrons. The average Bonchev–Trinajstić information content (AvgIpc) is 2.73. The van der Waals surface area contributed by atoms with E-state index in [1.807, 2.05) is 0 Å². The second-order valence-electron chi connectivity index (χ2n) is 4.13. The fourth-order valence-electron chi connectivity index (χ4n) is 2.06. The van der Waals surface area contributed by atoms with Crippen molar-refractivity contribution in [3.8, 4) is 0 Å². The summed E-state index contributed by atoms with van der Waals surface area (Å²) in [7, 11) is 0. The van der Waals surface area contributed by atoms with Crippen molar-refractivity contribution in [2.45, 2.75) is 37.6 Å². The molecule has 2 fully saturated rings. The predicted molar refractivity (Wildman–Crippen MR) is 46.4 cm³/mol. The van der Waals surface area contributed by atoms with Crippen molar-refractivity contribution < 1.29 is 0 Å². The normalized spacial score (nSPS) is 36.3. The molecular formula is C9H18N2. The van der Waals surface area contributed by atoms with Gasteiger partial charge in [0, 0.05) is 5.54 Å². The zero-order valence-electron chi connectivity index (χ0n) is 7.10. The van der Waals surface area contributed by atoms with E-state index in [1.54, 1.807) is 0 Å². The third kappa shape index (κ3) is 1.57. The molecule has 1 saturated heterocycles. The largest absolute Gasteiger partial charge is 0.325 e. The minimum atomic E-state index is 0.247. The highest BCUT2D eigenvalue weighted by atomic mass is 14.9. The summed E-state index contributed by atoms with van der Waals surface area (Å²) in [5.41, 5.74) is 6.40. The minimum absolute atomic E-state index is 0.247. The summed E-state index contributed by atoms with van der Waals surface area (Å²) in [6, 6.07) is 0. The molecule has 0 amide bonds. The van der Waals surface area contributed by atoms with Crippen LogP contribution in [-0.4, -0.2) is 18.6 Å². The van der Waals surface area contributed by atoms with Crippen LogP contribution in [0.25, 0.3) is 0 Å². The molecule has 0 spiro atoms. The number of nitrogens with two attached hydrogens (primary N) is 1. The first-order valence-electron chi connectivity index (χ1n) is 4.81. The van der Waals surface area contributed by atoms with E-state index in [0.717, 1.165) is 12.5 Å². The molecule has 0 aromatic rings. The predicted octanol–water partition coefficient (Wildman–Crippen LogP) is 0.867. The summed E-state index contributed by atoms with van der Waals surface area (Å²) in [6.45, 7) is 2.36. The summed E-state index contributed by atoms with van der Waals surface area (Å²) < 4.78 is 0. The lowest BCUT2D eigenvalue weighted by Gasteiger charge is -2.21. The Hall–Kier alpha value is -0.0800. The monoisotopic (exact) mass is 154 g/mol. The van der Waals surface area contributed by atoms with Gasteiger partial charge in [0.2, 0.25) is 0 Å². The average molecular weight is 154 g/mol. The van der Waals surface area contributed by atoms with Crippen molar-refractivity contribution in [2.24, 2.45) is 11.7 Å². The molecule has 0 aromatic heterocycles. The van der Waals surface area contributed by atoms with Crippen molar-refractivity contribution in [3.05, 3.63) is 0 Å². The van der Waals surface area contributed by atoms with Gasteiger partial charge in [-0.05, 0) is 44.7 Å². The van der Waals surface area contributed by atoms with Gasteiger partial charge in [0.25, 0.3) is 0 Å². The Bertz CT molecular complexity index is 132. The molecule has 1 atom stereocenters. The van der Waals surface area contributed by atoms with Gasteiger partial charge in [-0.3, -0.25) is 0 Å². The smallest absolute Gasteiger partial charge is 0.0196 e. The Labute approximate surface area is 68.5 Å². The van der Waals surface area contributed by atoms with E-state index in [-0.39, 0.29) is 5.54 Å². The minimum Gasteiger partial charge on any atom is -0.325 e. The van der Waals surface area contributed by atoms with Crippen LogP contribution in [0.4, 0.5) is 0 Å². The molecule has 1 unspecified atom stereocenters. The Kier molecular flexibility index (Phi) is 1.90. The Morgan fingerprint density at radius 3 is 2.82 bits per heavy atom. The van der Waals surface area contributed by atoms with Gasteiger partial charge in [-0.2, -0.15) is 0 Å². The zero-order valence-corrected chi connectivity index (χ0v) is 7.10. The maximum atomic E-state index is 6.15. The molecule has 2 rings (SSSR count). The van der Waals surface area contributed by atoms with Gasteiger partial charge in [-0.1, -0.05) is 6.42 Å². The van der Waals surface area contributed by atoms with Crippen LogP contribution in [0.1, 0.15) is 32.1 Å².